The summed E-state index contributed by atoms with van der Waals surface area (Å²) in [5, 5.41) is 0. The van der Waals surface area contributed by atoms with E-state index in [1.807, 2.05) is 0 Å². The fraction of sp³-hybridized carbons (Fsp3) is 0.714. The van der Waals surface area contributed by atoms with E-state index in [0.29, 0.717) is 24.1 Å². The second-order valence-corrected chi connectivity index (χ2v) is 5.50. The largest absolute Gasteiger partial charge is 0.476 e. The van der Waals surface area contributed by atoms with Crippen LogP contribution in [0.4, 0.5) is 11.5 Å². The highest BCUT2D eigenvalue weighted by Crippen LogP contribution is 2.33. The fourth-order valence-electron chi connectivity index (χ4n) is 2.46. The molecule has 2 rings (SSSR count). The highest BCUT2D eigenvalue weighted by atomic mass is 16.5. The molecule has 0 saturated carbocycles. The number of nitrogens with zero attached hydrogens (tertiary/aromatic N) is 3. The van der Waals surface area contributed by atoms with Crippen molar-refractivity contribution in [2.75, 3.05) is 30.3 Å². The zero-order chi connectivity index (χ0) is 13.8. The van der Waals surface area contributed by atoms with Crippen LogP contribution >= 0.6 is 0 Å². The lowest BCUT2D eigenvalue weighted by molar-refractivity contribution is 0.306. The van der Waals surface area contributed by atoms with Crippen molar-refractivity contribution < 1.29 is 4.74 Å². The minimum Gasteiger partial charge on any atom is -0.476 e. The molecular weight excluding hydrogens is 240 g/mol. The van der Waals surface area contributed by atoms with Crippen LogP contribution in [0.1, 0.15) is 33.6 Å². The molecule has 0 bridgehead atoms. The van der Waals surface area contributed by atoms with E-state index in [-0.39, 0.29) is 0 Å². The lowest BCUT2D eigenvalue weighted by atomic mass is 9.95. The van der Waals surface area contributed by atoms with Gasteiger partial charge in [-0.15, -0.1) is 0 Å². The Labute approximate surface area is 115 Å². The molecule has 0 radical (unpaired) electrons. The van der Waals surface area contributed by atoms with Crippen molar-refractivity contribution in [3.8, 4) is 5.88 Å². The van der Waals surface area contributed by atoms with E-state index in [2.05, 4.69) is 35.6 Å². The third-order valence-electron chi connectivity index (χ3n) is 3.74. The number of aromatic nitrogens is 2. The minimum atomic E-state index is 0.514. The van der Waals surface area contributed by atoms with E-state index in [1.165, 1.54) is 6.42 Å². The predicted molar refractivity (Wildman–Crippen MR) is 77.4 cm³/mol. The number of nitrogen functional groups attached to an aromatic ring is 1. The molecule has 1 atom stereocenters. The average Bonchev–Trinajstić information content (AvgIpc) is 2.87. The summed E-state index contributed by atoms with van der Waals surface area (Å²) in [7, 11) is 0. The maximum absolute atomic E-state index is 6.13. The summed E-state index contributed by atoms with van der Waals surface area (Å²) in [4.78, 5) is 10.7. The van der Waals surface area contributed by atoms with Gasteiger partial charge in [0.25, 0.3) is 0 Å². The lowest BCUT2D eigenvalue weighted by Gasteiger charge is -2.21. The van der Waals surface area contributed by atoms with E-state index in [1.54, 1.807) is 6.33 Å². The maximum atomic E-state index is 6.13. The Morgan fingerprint density at radius 1 is 1.47 bits per heavy atom. The molecule has 1 saturated heterocycles. The van der Waals surface area contributed by atoms with Crippen LogP contribution in [0.25, 0.3) is 0 Å². The zero-order valence-electron chi connectivity index (χ0n) is 12.1. The summed E-state index contributed by atoms with van der Waals surface area (Å²) >= 11 is 0. The molecule has 0 spiro atoms. The summed E-state index contributed by atoms with van der Waals surface area (Å²) in [5.41, 5.74) is 6.70. The van der Waals surface area contributed by atoms with Gasteiger partial charge in [-0.3, -0.25) is 0 Å². The van der Waals surface area contributed by atoms with Crippen molar-refractivity contribution in [2.45, 2.75) is 33.6 Å². The first-order valence-electron chi connectivity index (χ1n) is 7.11. The molecule has 1 aromatic rings. The second kappa shape index (κ2) is 6.08. The van der Waals surface area contributed by atoms with Crippen LogP contribution in [0.5, 0.6) is 5.88 Å². The summed E-state index contributed by atoms with van der Waals surface area (Å²) in [6.07, 6.45) is 3.68. The Balaban J connectivity index is 2.12. The molecular formula is C14H24N4O. The van der Waals surface area contributed by atoms with E-state index >= 15 is 0 Å². The van der Waals surface area contributed by atoms with Crippen molar-refractivity contribution in [1.29, 1.82) is 0 Å². The average molecular weight is 264 g/mol. The standard InChI is InChI=1S/C14H24N4O/c1-4-7-19-14-12(15)13(16-9-17-14)18-6-5-11(8-18)10(2)3/h9-11H,4-8,15H2,1-3H3. The first kappa shape index (κ1) is 13.9. The first-order chi connectivity index (χ1) is 9.13. The lowest BCUT2D eigenvalue weighted by Crippen LogP contribution is -2.23. The van der Waals surface area contributed by atoms with Gasteiger partial charge in [0.15, 0.2) is 5.82 Å². The molecule has 0 amide bonds. The molecule has 1 aliphatic rings. The van der Waals surface area contributed by atoms with Crippen LogP contribution < -0.4 is 15.4 Å². The van der Waals surface area contributed by atoms with Crippen LogP contribution in [-0.2, 0) is 0 Å². The summed E-state index contributed by atoms with van der Waals surface area (Å²) < 4.78 is 5.56. The van der Waals surface area contributed by atoms with E-state index < -0.39 is 0 Å². The Kier molecular flexibility index (Phi) is 4.45. The molecule has 1 aromatic heterocycles. The van der Waals surface area contributed by atoms with E-state index in [9.17, 15) is 0 Å². The Morgan fingerprint density at radius 2 is 2.26 bits per heavy atom. The van der Waals surface area contributed by atoms with Gasteiger partial charge in [0.1, 0.15) is 12.0 Å². The fourth-order valence-corrected chi connectivity index (χ4v) is 2.46. The van der Waals surface area contributed by atoms with Crippen LogP contribution in [-0.4, -0.2) is 29.7 Å². The third kappa shape index (κ3) is 3.08. The normalized spacial score (nSPS) is 19.2. The smallest absolute Gasteiger partial charge is 0.242 e. The molecule has 5 heteroatoms. The number of rotatable bonds is 5. The number of anilines is 2. The van der Waals surface area contributed by atoms with E-state index in [4.69, 9.17) is 10.5 Å². The van der Waals surface area contributed by atoms with Gasteiger partial charge >= 0.3 is 0 Å². The second-order valence-electron chi connectivity index (χ2n) is 5.50. The van der Waals surface area contributed by atoms with Crippen molar-refractivity contribution >= 4 is 11.5 Å². The monoisotopic (exact) mass is 264 g/mol. The van der Waals surface area contributed by atoms with Crippen LogP contribution in [0, 0.1) is 11.8 Å². The topological polar surface area (TPSA) is 64.3 Å². The van der Waals surface area contributed by atoms with Crippen LogP contribution in [0.2, 0.25) is 0 Å². The summed E-state index contributed by atoms with van der Waals surface area (Å²) in [6.45, 7) is 9.27. The number of hydrogen-bond acceptors (Lipinski definition) is 5. The van der Waals surface area contributed by atoms with Crippen LogP contribution in [0.15, 0.2) is 6.33 Å². The SMILES string of the molecule is CCCOc1ncnc(N2CCC(C(C)C)C2)c1N. The Morgan fingerprint density at radius 3 is 2.89 bits per heavy atom. The van der Waals surface area contributed by atoms with Gasteiger partial charge in [-0.2, -0.15) is 4.98 Å². The summed E-state index contributed by atoms with van der Waals surface area (Å²) in [6, 6.07) is 0. The van der Waals surface area contributed by atoms with Gasteiger partial charge in [0.05, 0.1) is 6.61 Å². The van der Waals surface area contributed by atoms with Crippen molar-refractivity contribution in [2.24, 2.45) is 11.8 Å². The molecule has 2 N–H and O–H groups in total. The molecule has 2 heterocycles. The van der Waals surface area contributed by atoms with Crippen LogP contribution in [0.3, 0.4) is 0 Å². The first-order valence-corrected chi connectivity index (χ1v) is 7.11. The Bertz CT molecular complexity index is 422. The quantitative estimate of drug-likeness (QED) is 0.884. The highest BCUT2D eigenvalue weighted by molar-refractivity contribution is 5.68. The molecule has 106 valence electrons. The number of ether oxygens (including phenoxy) is 1. The number of hydrogen-bond donors (Lipinski definition) is 1. The van der Waals surface area contributed by atoms with Crippen molar-refractivity contribution in [1.82, 2.24) is 9.97 Å². The molecule has 1 aliphatic heterocycles. The van der Waals surface area contributed by atoms with Gasteiger partial charge < -0.3 is 15.4 Å². The van der Waals surface area contributed by atoms with Crippen molar-refractivity contribution in [3.63, 3.8) is 0 Å². The maximum Gasteiger partial charge on any atom is 0.242 e. The van der Waals surface area contributed by atoms with Gasteiger partial charge in [-0.1, -0.05) is 20.8 Å². The minimum absolute atomic E-state index is 0.514. The zero-order valence-corrected chi connectivity index (χ0v) is 12.1. The molecule has 0 aliphatic carbocycles. The molecule has 19 heavy (non-hydrogen) atoms. The molecule has 1 unspecified atom stereocenters. The Hall–Kier alpha value is -1.52. The van der Waals surface area contributed by atoms with Gasteiger partial charge in [-0.25, -0.2) is 4.98 Å². The summed E-state index contributed by atoms with van der Waals surface area (Å²) in [5.74, 6) is 2.75. The molecule has 5 nitrogen and oxygen atoms in total. The predicted octanol–water partition coefficient (Wildman–Crippen LogP) is 2.33. The van der Waals surface area contributed by atoms with Gasteiger partial charge in [0, 0.05) is 13.1 Å². The van der Waals surface area contributed by atoms with Gasteiger partial charge in [-0.05, 0) is 24.7 Å². The van der Waals surface area contributed by atoms with Gasteiger partial charge in [0.2, 0.25) is 5.88 Å². The number of nitrogens with two attached hydrogens (primary N) is 1. The molecule has 1 fully saturated rings. The highest BCUT2D eigenvalue weighted by Gasteiger charge is 2.27. The van der Waals surface area contributed by atoms with Crippen molar-refractivity contribution in [3.05, 3.63) is 6.33 Å². The van der Waals surface area contributed by atoms with E-state index in [0.717, 1.165) is 31.2 Å². The molecule has 0 aromatic carbocycles. The third-order valence-corrected chi connectivity index (χ3v) is 3.74.